The monoisotopic (exact) mass is 320 g/mol. The van der Waals surface area contributed by atoms with Gasteiger partial charge in [0.25, 0.3) is 5.91 Å². The number of hydrogen-bond acceptors (Lipinski definition) is 5. The molecular formula is C16H17FN2O4. The highest BCUT2D eigenvalue weighted by Crippen LogP contribution is 2.25. The average Bonchev–Trinajstić information content (AvgIpc) is 3.08. The number of β-amino-alcohol motifs (C(OH)–C–C–N with tert-alkyl or cyclic N) is 1. The molecule has 1 aromatic heterocycles. The summed E-state index contributed by atoms with van der Waals surface area (Å²) in [6.45, 7) is 2.21. The third-order valence-corrected chi connectivity index (χ3v) is 4.01. The lowest BCUT2D eigenvalue weighted by atomic mass is 10.0. The van der Waals surface area contributed by atoms with Gasteiger partial charge >= 0.3 is 0 Å². The van der Waals surface area contributed by atoms with Crippen LogP contribution in [0.3, 0.4) is 0 Å². The molecule has 1 amide bonds. The first-order chi connectivity index (χ1) is 10.9. The summed E-state index contributed by atoms with van der Waals surface area (Å²) >= 11 is 0. The molecule has 2 N–H and O–H groups in total. The number of aromatic nitrogens is 1. The fourth-order valence-electron chi connectivity index (χ4n) is 2.84. The van der Waals surface area contributed by atoms with Crippen molar-refractivity contribution in [2.45, 2.75) is 19.4 Å². The largest absolute Gasteiger partial charge is 0.508 e. The van der Waals surface area contributed by atoms with Crippen molar-refractivity contribution in [2.24, 2.45) is 5.92 Å². The van der Waals surface area contributed by atoms with Gasteiger partial charge in [0, 0.05) is 31.5 Å². The van der Waals surface area contributed by atoms with Gasteiger partial charge in [0.2, 0.25) is 0 Å². The van der Waals surface area contributed by atoms with Crippen LogP contribution in [0.5, 0.6) is 5.75 Å². The molecule has 0 saturated carbocycles. The number of carbonyl (C=O) groups excluding carboxylic acids is 1. The smallest absolute Gasteiger partial charge is 0.257 e. The second-order valence-electron chi connectivity index (χ2n) is 5.84. The molecule has 3 rings (SSSR count). The predicted octanol–water partition coefficient (Wildman–Crippen LogP) is 1.50. The maximum absolute atomic E-state index is 13.8. The Morgan fingerprint density at radius 2 is 2.22 bits per heavy atom. The number of likely N-dealkylation sites (tertiary alicyclic amines) is 1. The van der Waals surface area contributed by atoms with Crippen LogP contribution in [-0.2, 0) is 6.42 Å². The quantitative estimate of drug-likeness (QED) is 0.895. The number of rotatable bonds is 3. The van der Waals surface area contributed by atoms with Gasteiger partial charge in [-0.3, -0.25) is 4.79 Å². The molecule has 0 aliphatic carbocycles. The van der Waals surface area contributed by atoms with Crippen molar-refractivity contribution in [2.75, 3.05) is 13.1 Å². The molecule has 23 heavy (non-hydrogen) atoms. The lowest BCUT2D eigenvalue weighted by Gasteiger charge is -2.16. The molecule has 1 aliphatic heterocycles. The molecule has 0 spiro atoms. The van der Waals surface area contributed by atoms with E-state index in [-0.39, 0.29) is 30.3 Å². The van der Waals surface area contributed by atoms with Crippen LogP contribution in [0.15, 0.2) is 28.8 Å². The summed E-state index contributed by atoms with van der Waals surface area (Å²) in [5.74, 6) is -0.982. The number of benzene rings is 1. The Kier molecular flexibility index (Phi) is 4.04. The third-order valence-electron chi connectivity index (χ3n) is 4.01. The van der Waals surface area contributed by atoms with Gasteiger partial charge in [0.1, 0.15) is 17.3 Å². The van der Waals surface area contributed by atoms with Gasteiger partial charge in [0.15, 0.2) is 0 Å². The van der Waals surface area contributed by atoms with Crippen molar-refractivity contribution in [3.63, 3.8) is 0 Å². The van der Waals surface area contributed by atoms with E-state index in [1.807, 2.05) is 0 Å². The SMILES string of the molecule is Cc1cc(C[C@@H]2CN(C(=O)c3cc(O)ccc3F)C[C@@H]2O)on1. The molecule has 122 valence electrons. The minimum atomic E-state index is -0.718. The van der Waals surface area contributed by atoms with Crippen LogP contribution in [0.2, 0.25) is 0 Å². The number of carbonyl (C=O) groups is 1. The fourth-order valence-corrected chi connectivity index (χ4v) is 2.84. The summed E-state index contributed by atoms with van der Waals surface area (Å²) in [6, 6.07) is 5.10. The number of nitrogens with zero attached hydrogens (tertiary/aromatic N) is 2. The number of aryl methyl sites for hydroxylation is 1. The summed E-state index contributed by atoms with van der Waals surface area (Å²) < 4.78 is 18.9. The van der Waals surface area contributed by atoms with Gasteiger partial charge < -0.3 is 19.6 Å². The van der Waals surface area contributed by atoms with E-state index < -0.39 is 17.8 Å². The number of phenols is 1. The second-order valence-corrected chi connectivity index (χ2v) is 5.84. The molecule has 1 fully saturated rings. The molecule has 2 aromatic rings. The Hall–Kier alpha value is -2.41. The van der Waals surface area contributed by atoms with E-state index in [2.05, 4.69) is 5.16 Å². The lowest BCUT2D eigenvalue weighted by molar-refractivity contribution is 0.0759. The van der Waals surface area contributed by atoms with Crippen molar-refractivity contribution in [1.29, 1.82) is 0 Å². The van der Waals surface area contributed by atoms with Gasteiger partial charge in [-0.1, -0.05) is 5.16 Å². The molecule has 0 bridgehead atoms. The van der Waals surface area contributed by atoms with E-state index in [0.717, 1.165) is 17.8 Å². The fraction of sp³-hybridized carbons (Fsp3) is 0.375. The number of phenolic OH excluding ortho intramolecular Hbond substituents is 1. The maximum atomic E-state index is 13.8. The van der Waals surface area contributed by atoms with Gasteiger partial charge in [0.05, 0.1) is 17.4 Å². The topological polar surface area (TPSA) is 86.8 Å². The molecule has 0 unspecified atom stereocenters. The van der Waals surface area contributed by atoms with Crippen LogP contribution >= 0.6 is 0 Å². The maximum Gasteiger partial charge on any atom is 0.257 e. The zero-order valence-electron chi connectivity index (χ0n) is 12.6. The van der Waals surface area contributed by atoms with E-state index in [4.69, 9.17) is 4.52 Å². The first kappa shape index (κ1) is 15.5. The van der Waals surface area contributed by atoms with Crippen molar-refractivity contribution >= 4 is 5.91 Å². The molecule has 0 radical (unpaired) electrons. The van der Waals surface area contributed by atoms with Gasteiger partial charge in [-0.2, -0.15) is 0 Å². The van der Waals surface area contributed by atoms with Gasteiger partial charge in [-0.25, -0.2) is 4.39 Å². The molecule has 1 saturated heterocycles. The van der Waals surface area contributed by atoms with Crippen LogP contribution in [0.1, 0.15) is 21.8 Å². The van der Waals surface area contributed by atoms with Crippen LogP contribution in [0, 0.1) is 18.7 Å². The summed E-state index contributed by atoms with van der Waals surface area (Å²) in [5.41, 5.74) is 0.551. The Morgan fingerprint density at radius 3 is 2.91 bits per heavy atom. The van der Waals surface area contributed by atoms with Crippen molar-refractivity contribution < 1.29 is 23.9 Å². The van der Waals surface area contributed by atoms with Crippen molar-refractivity contribution in [1.82, 2.24) is 10.1 Å². The van der Waals surface area contributed by atoms with Crippen LogP contribution in [-0.4, -0.2) is 45.4 Å². The predicted molar refractivity (Wildman–Crippen MR) is 78.4 cm³/mol. The van der Waals surface area contributed by atoms with Gasteiger partial charge in [-0.05, 0) is 25.1 Å². The number of aromatic hydroxyl groups is 1. The summed E-state index contributed by atoms with van der Waals surface area (Å²) in [4.78, 5) is 13.8. The van der Waals surface area contributed by atoms with E-state index in [1.54, 1.807) is 13.0 Å². The molecule has 1 aliphatic rings. The molecule has 7 heteroatoms. The first-order valence-corrected chi connectivity index (χ1v) is 7.32. The Labute approximate surface area is 132 Å². The summed E-state index contributed by atoms with van der Waals surface area (Å²) in [5, 5.41) is 23.4. The zero-order valence-corrected chi connectivity index (χ0v) is 12.6. The van der Waals surface area contributed by atoms with E-state index in [0.29, 0.717) is 12.2 Å². The molecule has 2 heterocycles. The standard InChI is InChI=1S/C16H17FN2O4/c1-9-4-12(23-18-9)5-10-7-19(8-15(10)21)16(22)13-6-11(20)2-3-14(13)17/h2-4,6,10,15,20-21H,5,7-8H2,1H3/t10-,15+/m1/s1. The van der Waals surface area contributed by atoms with Crippen molar-refractivity contribution in [3.8, 4) is 5.75 Å². The van der Waals surface area contributed by atoms with Crippen LogP contribution in [0.25, 0.3) is 0 Å². The van der Waals surface area contributed by atoms with E-state index >= 15 is 0 Å². The molecule has 6 nitrogen and oxygen atoms in total. The van der Waals surface area contributed by atoms with Crippen molar-refractivity contribution in [3.05, 3.63) is 47.1 Å². The number of halogens is 1. The number of aliphatic hydroxyl groups is 1. The Balaban J connectivity index is 1.72. The average molecular weight is 320 g/mol. The highest BCUT2D eigenvalue weighted by atomic mass is 19.1. The number of amides is 1. The highest BCUT2D eigenvalue weighted by molar-refractivity contribution is 5.95. The summed E-state index contributed by atoms with van der Waals surface area (Å²) in [6.07, 6.45) is -0.265. The number of hydrogen-bond donors (Lipinski definition) is 2. The Bertz CT molecular complexity index is 731. The molecule has 2 atom stereocenters. The van der Waals surface area contributed by atoms with Crippen LogP contribution in [0.4, 0.5) is 4.39 Å². The Morgan fingerprint density at radius 1 is 1.43 bits per heavy atom. The second kappa shape index (κ2) is 6.00. The van der Waals surface area contributed by atoms with Gasteiger partial charge in [-0.15, -0.1) is 0 Å². The van der Waals surface area contributed by atoms with E-state index in [1.165, 1.54) is 11.0 Å². The lowest BCUT2D eigenvalue weighted by Crippen LogP contribution is -2.30. The first-order valence-electron chi connectivity index (χ1n) is 7.32. The molecule has 1 aromatic carbocycles. The van der Waals surface area contributed by atoms with E-state index in [9.17, 15) is 19.4 Å². The number of aliphatic hydroxyl groups excluding tert-OH is 1. The minimum Gasteiger partial charge on any atom is -0.508 e. The zero-order chi connectivity index (χ0) is 16.6. The highest BCUT2D eigenvalue weighted by Gasteiger charge is 2.35. The van der Waals surface area contributed by atoms with Crippen LogP contribution < -0.4 is 0 Å². The minimum absolute atomic E-state index is 0.117. The summed E-state index contributed by atoms with van der Waals surface area (Å²) in [7, 11) is 0. The normalized spacial score (nSPS) is 20.9. The molecular weight excluding hydrogens is 303 g/mol. The third kappa shape index (κ3) is 3.19.